The summed E-state index contributed by atoms with van der Waals surface area (Å²) in [5, 5.41) is 0. The second-order valence-electron chi connectivity index (χ2n) is 13.2. The molecule has 0 spiro atoms. The molecule has 7 rings (SSSR count). The number of benzene rings is 5. The predicted octanol–water partition coefficient (Wildman–Crippen LogP) is 7.61. The van der Waals surface area contributed by atoms with Gasteiger partial charge < -0.3 is 56.8 Å². The van der Waals surface area contributed by atoms with E-state index in [2.05, 4.69) is 12.1 Å². The number of fused-ring (bicyclic) bond motifs is 6. The molecule has 0 bridgehead atoms. The van der Waals surface area contributed by atoms with Crippen LogP contribution in [0.5, 0.6) is 46.0 Å². The lowest BCUT2D eigenvalue weighted by molar-refractivity contribution is 0.0267. The minimum Gasteiger partial charge on any atom is -0.487 e. The highest BCUT2D eigenvalue weighted by Gasteiger charge is 2.17. The number of rotatable bonds is 0. The average molecular weight is 795 g/mol. The highest BCUT2D eigenvalue weighted by molar-refractivity contribution is 5.45. The third-order valence-corrected chi connectivity index (χ3v) is 9.14. The molecule has 12 heteroatoms. The Morgan fingerprint density at radius 1 is 0.224 bits per heavy atom. The highest BCUT2D eigenvalue weighted by Crippen LogP contribution is 2.33. The Morgan fingerprint density at radius 3 is 0.638 bits per heavy atom. The summed E-state index contributed by atoms with van der Waals surface area (Å²) >= 11 is 0. The summed E-state index contributed by atoms with van der Waals surface area (Å²) in [6.45, 7) is 5.71. The van der Waals surface area contributed by atoms with Crippen LogP contribution in [-0.4, -0.2) is 79.3 Å². The van der Waals surface area contributed by atoms with Crippen LogP contribution in [0.4, 0.5) is 0 Å². The Labute approximate surface area is 339 Å². The van der Waals surface area contributed by atoms with E-state index in [0.717, 1.165) is 22.3 Å². The molecule has 2 heterocycles. The molecule has 0 atom stereocenters. The molecule has 0 radical (unpaired) electrons. The molecular weight excluding hydrogens is 744 g/mol. The van der Waals surface area contributed by atoms with Crippen molar-refractivity contribution in [2.75, 3.05) is 79.3 Å². The van der Waals surface area contributed by atoms with E-state index >= 15 is 0 Å². The second kappa shape index (κ2) is 22.3. The van der Waals surface area contributed by atoms with Gasteiger partial charge in [-0.1, -0.05) is 48.5 Å². The van der Waals surface area contributed by atoms with E-state index in [-0.39, 0.29) is 26.4 Å². The van der Waals surface area contributed by atoms with Crippen molar-refractivity contribution < 1.29 is 56.8 Å². The topological polar surface area (TPSA) is 111 Å². The fourth-order valence-corrected chi connectivity index (χ4v) is 6.19. The number of hydrogen-bond acceptors (Lipinski definition) is 12. The first-order valence-electron chi connectivity index (χ1n) is 19.6. The van der Waals surface area contributed by atoms with Crippen LogP contribution in [0.3, 0.4) is 0 Å². The van der Waals surface area contributed by atoms with Gasteiger partial charge in [0, 0.05) is 0 Å². The number of para-hydroxylation sites is 8. The smallest absolute Gasteiger partial charge is 0.161 e. The van der Waals surface area contributed by atoms with Gasteiger partial charge >= 0.3 is 0 Å². The van der Waals surface area contributed by atoms with Gasteiger partial charge in [0.05, 0.1) is 52.9 Å². The lowest BCUT2D eigenvalue weighted by Gasteiger charge is -2.21. The van der Waals surface area contributed by atoms with E-state index in [4.69, 9.17) is 56.8 Å². The zero-order valence-corrected chi connectivity index (χ0v) is 32.6. The fourth-order valence-electron chi connectivity index (χ4n) is 6.19. The average Bonchev–Trinajstić information content (AvgIpc) is 3.25. The molecule has 0 aromatic heterocycles. The van der Waals surface area contributed by atoms with E-state index in [0.29, 0.717) is 125 Å². The number of hydrogen-bond donors (Lipinski definition) is 0. The molecule has 0 N–H and O–H groups in total. The first kappa shape index (κ1) is 40.5. The van der Waals surface area contributed by atoms with Crippen LogP contribution >= 0.6 is 0 Å². The minimum atomic E-state index is 0.220. The fraction of sp³-hybridized carbons (Fsp3) is 0.348. The molecule has 0 unspecified atom stereocenters. The van der Waals surface area contributed by atoms with Gasteiger partial charge in [0.15, 0.2) is 46.0 Å². The lowest BCUT2D eigenvalue weighted by atomic mass is 9.99. The van der Waals surface area contributed by atoms with Crippen LogP contribution in [0.15, 0.2) is 109 Å². The largest absolute Gasteiger partial charge is 0.487 e. The molecule has 12 nitrogen and oxygen atoms in total. The van der Waals surface area contributed by atoms with E-state index in [1.54, 1.807) is 0 Å². The normalized spacial score (nSPS) is 16.7. The van der Waals surface area contributed by atoms with Crippen molar-refractivity contribution in [1.82, 2.24) is 0 Å². The second-order valence-corrected chi connectivity index (χ2v) is 13.2. The standard InChI is InChI=1S/C46H50O12/c1-5-13-43-39(9-1)51-25-21-47-17-18-48-22-26-52-40-10-2-6-14-44(40)56-32-36-30-38-34-58-46-16-8-4-12-42(46)54-28-24-50-20-19-49-23-27-53-41-11-3-7-15-45(41)57-33-37(38)29-35(36)31-55-43/h1-16,29-30H,17-28,31-34H2. The molecule has 0 fully saturated rings. The van der Waals surface area contributed by atoms with Gasteiger partial charge in [0.25, 0.3) is 0 Å². The van der Waals surface area contributed by atoms with Crippen LogP contribution in [-0.2, 0) is 45.4 Å². The van der Waals surface area contributed by atoms with Crippen LogP contribution < -0.4 is 37.9 Å². The van der Waals surface area contributed by atoms with Crippen molar-refractivity contribution in [1.29, 1.82) is 0 Å². The van der Waals surface area contributed by atoms with Crippen molar-refractivity contribution in [3.63, 3.8) is 0 Å². The van der Waals surface area contributed by atoms with Crippen molar-refractivity contribution in [2.24, 2.45) is 0 Å². The van der Waals surface area contributed by atoms with Gasteiger partial charge in [-0.05, 0) is 82.9 Å². The zero-order valence-electron chi connectivity index (χ0n) is 32.6. The molecule has 0 saturated carbocycles. The monoisotopic (exact) mass is 794 g/mol. The number of ether oxygens (including phenoxy) is 12. The molecule has 2 aliphatic heterocycles. The van der Waals surface area contributed by atoms with Crippen molar-refractivity contribution in [3.8, 4) is 46.0 Å². The molecular formula is C46H50O12. The Kier molecular flexibility index (Phi) is 15.6. The summed E-state index contributed by atoms with van der Waals surface area (Å²) in [5.41, 5.74) is 3.56. The molecule has 58 heavy (non-hydrogen) atoms. The first-order chi connectivity index (χ1) is 28.8. The van der Waals surface area contributed by atoms with Gasteiger partial charge in [-0.15, -0.1) is 0 Å². The Balaban J connectivity index is 1.23. The predicted molar refractivity (Wildman–Crippen MR) is 215 cm³/mol. The molecule has 5 aromatic rings. The minimum absolute atomic E-state index is 0.220. The molecule has 0 amide bonds. The summed E-state index contributed by atoms with van der Waals surface area (Å²) in [6, 6.07) is 34.6. The summed E-state index contributed by atoms with van der Waals surface area (Å²) < 4.78 is 73.2. The van der Waals surface area contributed by atoms with Crippen LogP contribution in [0.2, 0.25) is 0 Å². The third-order valence-electron chi connectivity index (χ3n) is 9.14. The van der Waals surface area contributed by atoms with E-state index in [9.17, 15) is 0 Å². The molecule has 306 valence electrons. The molecule has 0 saturated heterocycles. The summed E-state index contributed by atoms with van der Waals surface area (Å²) in [7, 11) is 0. The zero-order chi connectivity index (χ0) is 39.5. The van der Waals surface area contributed by atoms with Crippen LogP contribution in [0.25, 0.3) is 0 Å². The van der Waals surface area contributed by atoms with E-state index in [1.807, 2.05) is 97.1 Å². The maximum absolute atomic E-state index is 6.50. The summed E-state index contributed by atoms with van der Waals surface area (Å²) in [4.78, 5) is 0. The molecule has 5 aromatic carbocycles. The summed E-state index contributed by atoms with van der Waals surface area (Å²) in [6.07, 6.45) is 0. The maximum Gasteiger partial charge on any atom is 0.161 e. The maximum atomic E-state index is 6.50. The van der Waals surface area contributed by atoms with Gasteiger partial charge in [-0.3, -0.25) is 0 Å². The molecule has 2 aliphatic rings. The van der Waals surface area contributed by atoms with Crippen molar-refractivity contribution >= 4 is 0 Å². The van der Waals surface area contributed by atoms with E-state index < -0.39 is 0 Å². The van der Waals surface area contributed by atoms with Gasteiger partial charge in [-0.25, -0.2) is 0 Å². The van der Waals surface area contributed by atoms with E-state index in [1.165, 1.54) is 0 Å². The highest BCUT2D eigenvalue weighted by atomic mass is 16.6. The Hall–Kier alpha value is -5.66. The van der Waals surface area contributed by atoms with Gasteiger partial charge in [-0.2, -0.15) is 0 Å². The Bertz CT molecular complexity index is 1720. The SMILES string of the molecule is c1ccc2c(c1)OCCOCCOCCOc1ccccc1OCc1cc3c(cc1CO2)COc1ccccc1OCCOCCOCCOc1ccccc1OC3. The molecule has 0 aliphatic carbocycles. The van der Waals surface area contributed by atoms with Gasteiger partial charge in [0.2, 0.25) is 0 Å². The Morgan fingerprint density at radius 2 is 0.414 bits per heavy atom. The lowest BCUT2D eigenvalue weighted by Crippen LogP contribution is -2.15. The van der Waals surface area contributed by atoms with Crippen molar-refractivity contribution in [3.05, 3.63) is 131 Å². The van der Waals surface area contributed by atoms with Crippen LogP contribution in [0.1, 0.15) is 22.3 Å². The summed E-state index contributed by atoms with van der Waals surface area (Å²) in [5.74, 6) is 4.90. The van der Waals surface area contributed by atoms with Crippen molar-refractivity contribution in [2.45, 2.75) is 26.4 Å². The third kappa shape index (κ3) is 12.2. The van der Waals surface area contributed by atoms with Gasteiger partial charge in [0.1, 0.15) is 52.9 Å². The quantitative estimate of drug-likeness (QED) is 0.154. The van der Waals surface area contributed by atoms with Crippen LogP contribution in [0, 0.1) is 0 Å². The first-order valence-corrected chi connectivity index (χ1v) is 19.6.